The van der Waals surface area contributed by atoms with Crippen molar-refractivity contribution in [3.8, 4) is 11.9 Å². The van der Waals surface area contributed by atoms with Crippen LogP contribution in [0.3, 0.4) is 0 Å². The van der Waals surface area contributed by atoms with Gasteiger partial charge in [0.2, 0.25) is 0 Å². The van der Waals surface area contributed by atoms with Crippen LogP contribution >= 0.6 is 0 Å². The van der Waals surface area contributed by atoms with E-state index in [9.17, 15) is 10.1 Å². The van der Waals surface area contributed by atoms with E-state index in [4.69, 9.17) is 10.5 Å². The number of rotatable bonds is 4. The Morgan fingerprint density at radius 1 is 1.29 bits per heavy atom. The summed E-state index contributed by atoms with van der Waals surface area (Å²) in [6, 6.07) is 7.86. The van der Waals surface area contributed by atoms with Crippen LogP contribution in [-0.2, 0) is 17.9 Å². The third kappa shape index (κ3) is 3.94. The van der Waals surface area contributed by atoms with Crippen molar-refractivity contribution in [2.24, 2.45) is 5.73 Å². The van der Waals surface area contributed by atoms with Crippen molar-refractivity contribution < 1.29 is 9.53 Å². The number of esters is 1. The number of aromatic nitrogens is 4. The predicted molar refractivity (Wildman–Crippen MR) is 123 cm³/mol. The fourth-order valence-electron chi connectivity index (χ4n) is 4.83. The minimum absolute atomic E-state index is 0.0188. The summed E-state index contributed by atoms with van der Waals surface area (Å²) in [4.78, 5) is 20.1. The standard InChI is InChI=1S/C24H26N8O2/c1-13-6-23(28-15(3)19(13)7-25)32-27-8-16(30-32)9-31-10-21(29-22(26)11-31)17-4-5-18-20(14(17)2)12-34-24(18)33/h4-6,8,21-22,29H,9-12,26H2,1-3H3/t21-,22+/m0/s1. The molecule has 3 N–H and O–H groups in total. The maximum absolute atomic E-state index is 11.9. The molecular weight excluding hydrogens is 432 g/mol. The Morgan fingerprint density at radius 3 is 2.88 bits per heavy atom. The third-order valence-electron chi connectivity index (χ3n) is 6.52. The van der Waals surface area contributed by atoms with Gasteiger partial charge >= 0.3 is 5.97 Å². The van der Waals surface area contributed by atoms with Gasteiger partial charge < -0.3 is 10.5 Å². The summed E-state index contributed by atoms with van der Waals surface area (Å²) in [7, 11) is 0. The number of pyridine rings is 1. The van der Waals surface area contributed by atoms with Gasteiger partial charge in [0.25, 0.3) is 0 Å². The maximum atomic E-state index is 11.9. The number of carbonyl (C=O) groups excluding carboxylic acids is 1. The van der Waals surface area contributed by atoms with Gasteiger partial charge in [0.05, 0.1) is 34.9 Å². The second kappa shape index (κ2) is 8.61. The molecule has 3 aromatic rings. The van der Waals surface area contributed by atoms with E-state index in [1.165, 1.54) is 4.80 Å². The molecule has 0 saturated carbocycles. The maximum Gasteiger partial charge on any atom is 0.338 e. The normalized spacial score (nSPS) is 20.1. The molecule has 0 amide bonds. The second-order valence-electron chi connectivity index (χ2n) is 8.90. The topological polar surface area (TPSA) is 135 Å². The molecule has 174 valence electrons. The lowest BCUT2D eigenvalue weighted by Gasteiger charge is -2.38. The van der Waals surface area contributed by atoms with Crippen LogP contribution in [0.4, 0.5) is 0 Å². The first-order chi connectivity index (χ1) is 16.3. The molecule has 2 atom stereocenters. The van der Waals surface area contributed by atoms with E-state index < -0.39 is 0 Å². The lowest BCUT2D eigenvalue weighted by atomic mass is 9.93. The lowest BCUT2D eigenvalue weighted by Crippen LogP contribution is -2.56. The first kappa shape index (κ1) is 22.2. The van der Waals surface area contributed by atoms with Gasteiger partial charge in [-0.1, -0.05) is 6.07 Å². The molecule has 10 heteroatoms. The Labute approximate surface area is 197 Å². The van der Waals surface area contributed by atoms with E-state index in [2.05, 4.69) is 31.5 Å². The molecule has 10 nitrogen and oxygen atoms in total. The molecule has 0 bridgehead atoms. The fourth-order valence-corrected chi connectivity index (χ4v) is 4.83. The van der Waals surface area contributed by atoms with Crippen molar-refractivity contribution in [2.45, 2.75) is 46.1 Å². The summed E-state index contributed by atoms with van der Waals surface area (Å²) >= 11 is 0. The number of aryl methyl sites for hydroxylation is 2. The Kier molecular flexibility index (Phi) is 5.61. The summed E-state index contributed by atoms with van der Waals surface area (Å²) < 4.78 is 5.20. The van der Waals surface area contributed by atoms with E-state index in [1.54, 1.807) is 6.20 Å². The zero-order chi connectivity index (χ0) is 24.0. The fraction of sp³-hybridized carbons (Fsp3) is 0.375. The number of cyclic esters (lactones) is 1. The molecule has 5 rings (SSSR count). The number of nitriles is 1. The van der Waals surface area contributed by atoms with E-state index in [0.29, 0.717) is 42.3 Å². The van der Waals surface area contributed by atoms with Crippen molar-refractivity contribution in [2.75, 3.05) is 13.1 Å². The average molecular weight is 459 g/mol. The van der Waals surface area contributed by atoms with Crippen LogP contribution in [0.15, 0.2) is 24.4 Å². The number of hydrogen-bond acceptors (Lipinski definition) is 9. The van der Waals surface area contributed by atoms with Gasteiger partial charge in [0, 0.05) is 31.2 Å². The molecule has 1 aromatic carbocycles. The highest BCUT2D eigenvalue weighted by Crippen LogP contribution is 2.30. The second-order valence-corrected chi connectivity index (χ2v) is 8.90. The van der Waals surface area contributed by atoms with Crippen molar-refractivity contribution >= 4 is 5.97 Å². The van der Waals surface area contributed by atoms with Gasteiger partial charge in [-0.25, -0.2) is 9.78 Å². The SMILES string of the molecule is Cc1cc(-n2ncc(CN3C[C@@H](c4ccc5c(c4C)COC5=O)N[C@@H](N)C3)n2)nc(C)c1C#N. The molecule has 34 heavy (non-hydrogen) atoms. The van der Waals surface area contributed by atoms with Gasteiger partial charge in [-0.2, -0.15) is 15.5 Å². The number of ether oxygens (including phenoxy) is 1. The zero-order valence-corrected chi connectivity index (χ0v) is 19.4. The lowest BCUT2D eigenvalue weighted by molar-refractivity contribution is 0.0535. The largest absolute Gasteiger partial charge is 0.457 e. The number of hydrogen-bond donors (Lipinski definition) is 2. The van der Waals surface area contributed by atoms with Crippen LogP contribution in [0.25, 0.3) is 5.82 Å². The van der Waals surface area contributed by atoms with E-state index in [-0.39, 0.29) is 18.2 Å². The van der Waals surface area contributed by atoms with Gasteiger partial charge in [-0.3, -0.25) is 10.2 Å². The summed E-state index contributed by atoms with van der Waals surface area (Å²) in [6.45, 7) is 8.04. The number of nitrogens with zero attached hydrogens (tertiary/aromatic N) is 6. The van der Waals surface area contributed by atoms with Crippen LogP contribution in [-0.4, -0.2) is 50.1 Å². The highest BCUT2D eigenvalue weighted by molar-refractivity contribution is 5.94. The van der Waals surface area contributed by atoms with Gasteiger partial charge in [0.15, 0.2) is 5.82 Å². The molecule has 0 aliphatic carbocycles. The summed E-state index contributed by atoms with van der Waals surface area (Å²) in [5.74, 6) is 0.325. The van der Waals surface area contributed by atoms with Crippen LogP contribution in [0.5, 0.6) is 0 Å². The summed E-state index contributed by atoms with van der Waals surface area (Å²) in [6.07, 6.45) is 1.53. The minimum atomic E-state index is -0.259. The molecule has 4 heterocycles. The molecule has 1 saturated heterocycles. The molecular formula is C24H26N8O2. The van der Waals surface area contributed by atoms with Gasteiger partial charge in [-0.05, 0) is 49.6 Å². The van der Waals surface area contributed by atoms with Crippen molar-refractivity contribution in [1.29, 1.82) is 5.26 Å². The third-order valence-corrected chi connectivity index (χ3v) is 6.52. The highest BCUT2D eigenvalue weighted by atomic mass is 16.5. The monoisotopic (exact) mass is 458 g/mol. The van der Waals surface area contributed by atoms with Crippen molar-refractivity contribution in [3.63, 3.8) is 0 Å². The highest BCUT2D eigenvalue weighted by Gasteiger charge is 2.30. The predicted octanol–water partition coefficient (Wildman–Crippen LogP) is 1.56. The quantitative estimate of drug-likeness (QED) is 0.558. The number of nitrogens with one attached hydrogen (secondary N) is 1. The Balaban J connectivity index is 1.34. The molecule has 2 aliphatic heterocycles. The van der Waals surface area contributed by atoms with E-state index >= 15 is 0 Å². The summed E-state index contributed by atoms with van der Waals surface area (Å²) in [5.41, 5.74) is 13.0. The van der Waals surface area contributed by atoms with Gasteiger partial charge in [-0.15, -0.1) is 4.80 Å². The number of piperazine rings is 1. The van der Waals surface area contributed by atoms with Crippen LogP contribution in [0.2, 0.25) is 0 Å². The van der Waals surface area contributed by atoms with Crippen molar-refractivity contribution in [1.82, 2.24) is 30.2 Å². The molecule has 0 radical (unpaired) electrons. The van der Waals surface area contributed by atoms with E-state index in [1.807, 2.05) is 39.0 Å². The van der Waals surface area contributed by atoms with Crippen LogP contribution < -0.4 is 11.1 Å². The van der Waals surface area contributed by atoms with Crippen LogP contribution in [0.1, 0.15) is 55.6 Å². The molecule has 2 aromatic heterocycles. The molecule has 0 unspecified atom stereocenters. The molecule has 0 spiro atoms. The Bertz CT molecular complexity index is 1300. The smallest absolute Gasteiger partial charge is 0.338 e. The van der Waals surface area contributed by atoms with Crippen LogP contribution in [0, 0.1) is 32.1 Å². The van der Waals surface area contributed by atoms with Gasteiger partial charge in [0.1, 0.15) is 12.7 Å². The Hall–Kier alpha value is -3.65. The first-order valence-electron chi connectivity index (χ1n) is 11.2. The minimum Gasteiger partial charge on any atom is -0.457 e. The Morgan fingerprint density at radius 2 is 2.12 bits per heavy atom. The summed E-state index contributed by atoms with van der Waals surface area (Å²) in [5, 5.41) is 21.8. The van der Waals surface area contributed by atoms with Crippen molar-refractivity contribution in [3.05, 3.63) is 69.2 Å². The zero-order valence-electron chi connectivity index (χ0n) is 19.4. The molecule has 2 aliphatic rings. The first-order valence-corrected chi connectivity index (χ1v) is 11.2. The number of nitrogens with two attached hydrogens (primary N) is 1. The number of fused-ring (bicyclic) bond motifs is 1. The van der Waals surface area contributed by atoms with E-state index in [0.717, 1.165) is 34.5 Å². The average Bonchev–Trinajstić information content (AvgIpc) is 3.41. The number of carbonyl (C=O) groups is 1. The number of benzene rings is 1. The molecule has 1 fully saturated rings.